The van der Waals surface area contributed by atoms with Crippen molar-refractivity contribution in [2.75, 3.05) is 24.6 Å². The summed E-state index contributed by atoms with van der Waals surface area (Å²) in [6, 6.07) is 3.51. The number of nitrogen functional groups attached to an aromatic ring is 2. The van der Waals surface area contributed by atoms with E-state index < -0.39 is 0 Å². The standard InChI is InChI=1S/C9H15ClN4O/c10-7-2-1-6(8(11)9(7)12)5-14-13-3-4-15/h1-2,13-15H,3-5,11-12H2. The van der Waals surface area contributed by atoms with Crippen molar-refractivity contribution in [3.05, 3.63) is 22.7 Å². The number of nitrogens with two attached hydrogens (primary N) is 2. The zero-order valence-electron chi connectivity index (χ0n) is 8.26. The Bertz CT molecular complexity index is 332. The van der Waals surface area contributed by atoms with E-state index in [1.165, 1.54) is 0 Å². The lowest BCUT2D eigenvalue weighted by molar-refractivity contribution is 0.283. The first-order chi connectivity index (χ1) is 7.16. The molecule has 5 nitrogen and oxygen atoms in total. The number of halogens is 1. The van der Waals surface area contributed by atoms with Gasteiger partial charge < -0.3 is 16.6 Å². The Kier molecular flexibility index (Phi) is 4.64. The number of nitrogens with one attached hydrogen (secondary N) is 2. The molecule has 7 N–H and O–H groups in total. The Hall–Kier alpha value is -1.01. The summed E-state index contributed by atoms with van der Waals surface area (Å²) >= 11 is 5.80. The van der Waals surface area contributed by atoms with Gasteiger partial charge in [-0.2, -0.15) is 0 Å². The summed E-state index contributed by atoms with van der Waals surface area (Å²) in [5, 5.41) is 8.99. The van der Waals surface area contributed by atoms with Gasteiger partial charge in [-0.15, -0.1) is 0 Å². The van der Waals surface area contributed by atoms with Crippen LogP contribution in [0.25, 0.3) is 0 Å². The molecule has 0 unspecified atom stereocenters. The van der Waals surface area contributed by atoms with Crippen molar-refractivity contribution in [3.8, 4) is 0 Å². The van der Waals surface area contributed by atoms with E-state index in [1.54, 1.807) is 6.07 Å². The van der Waals surface area contributed by atoms with E-state index in [0.29, 0.717) is 29.5 Å². The summed E-state index contributed by atoms with van der Waals surface area (Å²) in [5.41, 5.74) is 18.9. The van der Waals surface area contributed by atoms with Crippen molar-refractivity contribution in [3.63, 3.8) is 0 Å². The van der Waals surface area contributed by atoms with Gasteiger partial charge in [-0.05, 0) is 11.6 Å². The summed E-state index contributed by atoms with van der Waals surface area (Å²) in [7, 11) is 0. The molecule has 0 aliphatic carbocycles. The van der Waals surface area contributed by atoms with Gasteiger partial charge in [0.1, 0.15) is 0 Å². The van der Waals surface area contributed by atoms with Gasteiger partial charge in [-0.3, -0.25) is 10.9 Å². The van der Waals surface area contributed by atoms with Crippen LogP contribution >= 0.6 is 11.6 Å². The van der Waals surface area contributed by atoms with E-state index in [1.807, 2.05) is 6.07 Å². The van der Waals surface area contributed by atoms with E-state index in [4.69, 9.17) is 28.2 Å². The van der Waals surface area contributed by atoms with Gasteiger partial charge in [0.15, 0.2) is 0 Å². The molecule has 0 radical (unpaired) electrons. The second-order valence-corrected chi connectivity index (χ2v) is 3.44. The molecule has 0 aliphatic heterocycles. The SMILES string of the molecule is Nc1c(Cl)ccc(CNNCCO)c1N. The smallest absolute Gasteiger partial charge is 0.0740 e. The third-order valence-electron chi connectivity index (χ3n) is 1.96. The zero-order valence-corrected chi connectivity index (χ0v) is 9.01. The van der Waals surface area contributed by atoms with Crippen molar-refractivity contribution in [2.24, 2.45) is 0 Å². The molecule has 0 saturated carbocycles. The van der Waals surface area contributed by atoms with Crippen molar-refractivity contribution in [2.45, 2.75) is 6.54 Å². The van der Waals surface area contributed by atoms with Crippen molar-refractivity contribution < 1.29 is 5.11 Å². The number of benzene rings is 1. The maximum absolute atomic E-state index is 8.53. The molecule has 1 aromatic rings. The van der Waals surface area contributed by atoms with E-state index >= 15 is 0 Å². The quantitative estimate of drug-likeness (QED) is 0.281. The normalized spacial score (nSPS) is 10.5. The maximum Gasteiger partial charge on any atom is 0.0740 e. The van der Waals surface area contributed by atoms with Crippen LogP contribution in [0.4, 0.5) is 11.4 Å². The van der Waals surface area contributed by atoms with Crippen LogP contribution in [0.5, 0.6) is 0 Å². The lowest BCUT2D eigenvalue weighted by Gasteiger charge is -2.10. The van der Waals surface area contributed by atoms with Crippen LogP contribution in [0.15, 0.2) is 12.1 Å². The minimum absolute atomic E-state index is 0.0746. The fourth-order valence-corrected chi connectivity index (χ4v) is 1.28. The predicted octanol–water partition coefficient (Wildman–Crippen LogP) is 0.0909. The second kappa shape index (κ2) is 5.77. The number of aliphatic hydroxyl groups excluding tert-OH is 1. The maximum atomic E-state index is 8.53. The molecule has 6 heteroatoms. The summed E-state index contributed by atoms with van der Waals surface area (Å²) in [5.74, 6) is 0. The van der Waals surface area contributed by atoms with Gasteiger partial charge in [0.05, 0.1) is 23.0 Å². The number of hydrogen-bond donors (Lipinski definition) is 5. The third kappa shape index (κ3) is 3.24. The lowest BCUT2D eigenvalue weighted by atomic mass is 10.1. The molecule has 0 bridgehead atoms. The average Bonchev–Trinajstić information content (AvgIpc) is 2.24. The van der Waals surface area contributed by atoms with E-state index in [9.17, 15) is 0 Å². The number of aliphatic hydroxyl groups is 1. The lowest BCUT2D eigenvalue weighted by Crippen LogP contribution is -2.33. The number of hydrogen-bond acceptors (Lipinski definition) is 5. The van der Waals surface area contributed by atoms with Crippen molar-refractivity contribution >= 4 is 23.0 Å². The Morgan fingerprint density at radius 3 is 2.60 bits per heavy atom. The summed E-state index contributed by atoms with van der Waals surface area (Å²) in [6.45, 7) is 1.07. The highest BCUT2D eigenvalue weighted by atomic mass is 35.5. The second-order valence-electron chi connectivity index (χ2n) is 3.04. The molecule has 0 spiro atoms. The van der Waals surface area contributed by atoms with Gasteiger partial charge in [-0.25, -0.2) is 0 Å². The van der Waals surface area contributed by atoms with Crippen molar-refractivity contribution in [1.29, 1.82) is 0 Å². The number of rotatable bonds is 5. The van der Waals surface area contributed by atoms with Crippen LogP contribution in [0.1, 0.15) is 5.56 Å². The van der Waals surface area contributed by atoms with Crippen LogP contribution in [-0.4, -0.2) is 18.3 Å². The van der Waals surface area contributed by atoms with Crippen LogP contribution in [-0.2, 0) is 6.54 Å². The summed E-state index contributed by atoms with van der Waals surface area (Å²) in [6.07, 6.45) is 0. The van der Waals surface area contributed by atoms with Crippen LogP contribution < -0.4 is 22.3 Å². The molecule has 0 fully saturated rings. The molecular weight excluding hydrogens is 216 g/mol. The van der Waals surface area contributed by atoms with Gasteiger partial charge in [0.2, 0.25) is 0 Å². The Morgan fingerprint density at radius 2 is 1.93 bits per heavy atom. The molecule has 1 rings (SSSR count). The van der Waals surface area contributed by atoms with Crippen LogP contribution in [0.2, 0.25) is 5.02 Å². The highest BCUT2D eigenvalue weighted by Gasteiger charge is 2.05. The highest BCUT2D eigenvalue weighted by molar-refractivity contribution is 6.33. The first-order valence-electron chi connectivity index (χ1n) is 4.55. The predicted molar refractivity (Wildman–Crippen MR) is 62.2 cm³/mol. The van der Waals surface area contributed by atoms with E-state index in [-0.39, 0.29) is 6.61 Å². The minimum atomic E-state index is 0.0746. The zero-order chi connectivity index (χ0) is 11.3. The Labute approximate surface area is 93.4 Å². The minimum Gasteiger partial charge on any atom is -0.397 e. The van der Waals surface area contributed by atoms with E-state index in [2.05, 4.69) is 10.9 Å². The monoisotopic (exact) mass is 230 g/mol. The molecule has 84 valence electrons. The fraction of sp³-hybridized carbons (Fsp3) is 0.333. The number of hydrazine groups is 1. The molecule has 0 amide bonds. The van der Waals surface area contributed by atoms with E-state index in [0.717, 1.165) is 5.56 Å². The Morgan fingerprint density at radius 1 is 1.20 bits per heavy atom. The number of anilines is 2. The fourth-order valence-electron chi connectivity index (χ4n) is 1.11. The molecule has 1 aromatic carbocycles. The first kappa shape index (κ1) is 12.1. The Balaban J connectivity index is 2.58. The molecule has 15 heavy (non-hydrogen) atoms. The topological polar surface area (TPSA) is 96.3 Å². The van der Waals surface area contributed by atoms with Gasteiger partial charge in [-0.1, -0.05) is 17.7 Å². The first-order valence-corrected chi connectivity index (χ1v) is 4.93. The van der Waals surface area contributed by atoms with Gasteiger partial charge in [0.25, 0.3) is 0 Å². The molecule has 0 aliphatic rings. The molecule has 0 atom stereocenters. The van der Waals surface area contributed by atoms with Gasteiger partial charge >= 0.3 is 0 Å². The van der Waals surface area contributed by atoms with Gasteiger partial charge in [0, 0.05) is 13.1 Å². The van der Waals surface area contributed by atoms with Crippen molar-refractivity contribution in [1.82, 2.24) is 10.9 Å². The van der Waals surface area contributed by atoms with Crippen LogP contribution in [0, 0.1) is 0 Å². The van der Waals surface area contributed by atoms with Crippen LogP contribution in [0.3, 0.4) is 0 Å². The molecule has 0 aromatic heterocycles. The largest absolute Gasteiger partial charge is 0.397 e. The average molecular weight is 231 g/mol. The molecular formula is C9H15ClN4O. The third-order valence-corrected chi connectivity index (χ3v) is 2.29. The highest BCUT2D eigenvalue weighted by Crippen LogP contribution is 2.27. The molecule has 0 saturated heterocycles. The molecule has 0 heterocycles. The summed E-state index contributed by atoms with van der Waals surface area (Å²) < 4.78 is 0. The summed E-state index contributed by atoms with van der Waals surface area (Å²) in [4.78, 5) is 0.